The Balaban J connectivity index is 1.02. The predicted molar refractivity (Wildman–Crippen MR) is 270 cm³/mol. The minimum Gasteiger partial charge on any atom is -0.456 e. The number of hydrogen-bond donors (Lipinski definition) is 0. The van der Waals surface area contributed by atoms with Gasteiger partial charge in [-0.1, -0.05) is 114 Å². The van der Waals surface area contributed by atoms with E-state index in [-0.39, 0.29) is 0 Å². The van der Waals surface area contributed by atoms with Crippen LogP contribution in [0.2, 0.25) is 0 Å². The summed E-state index contributed by atoms with van der Waals surface area (Å²) >= 11 is 0. The van der Waals surface area contributed by atoms with E-state index in [9.17, 15) is 0 Å². The van der Waals surface area contributed by atoms with Gasteiger partial charge in [0.1, 0.15) is 50.4 Å². The minimum absolute atomic E-state index is 0.608. The second-order valence-corrected chi connectivity index (χ2v) is 16.2. The maximum Gasteiger partial charge on any atom is 0.164 e. The molecule has 0 aliphatic carbocycles. The van der Waals surface area contributed by atoms with E-state index in [1.165, 1.54) is 54.8 Å². The average Bonchev–Trinajstić information content (AvgIpc) is 3.85. The SMILES string of the molecule is Bc1c(B)c(B)c(-c2cccc(-c3nc(-c4ccccc4)nc(-c4ccc5oc6cc(-n7c8ccccc8c8cc(-c9ccccc9)ccc87)ccc6c5c4)n3)c2)c(B)c1B. The number of fused-ring (bicyclic) bond motifs is 6. The van der Waals surface area contributed by atoms with Crippen LogP contribution >= 0.6 is 0 Å². The van der Waals surface area contributed by atoms with Crippen LogP contribution in [0.3, 0.4) is 0 Å². The summed E-state index contributed by atoms with van der Waals surface area (Å²) in [5.74, 6) is 1.87. The number of hydrogen-bond acceptors (Lipinski definition) is 4. The summed E-state index contributed by atoms with van der Waals surface area (Å²) in [5.41, 5.74) is 19.2. The number of benzene rings is 8. The molecule has 5 nitrogen and oxygen atoms in total. The lowest BCUT2D eigenvalue weighted by Gasteiger charge is -2.20. The number of nitrogens with zero attached hydrogens (tertiary/aromatic N) is 4. The van der Waals surface area contributed by atoms with E-state index in [2.05, 4.69) is 171 Å². The summed E-state index contributed by atoms with van der Waals surface area (Å²) in [6, 6.07) is 57.5. The van der Waals surface area contributed by atoms with Crippen molar-refractivity contribution in [1.82, 2.24) is 19.5 Å². The molecule has 0 N–H and O–H groups in total. The maximum atomic E-state index is 6.60. The van der Waals surface area contributed by atoms with Gasteiger partial charge in [-0.2, -0.15) is 0 Å². The van der Waals surface area contributed by atoms with Gasteiger partial charge in [-0.25, -0.2) is 15.0 Å². The molecule has 11 rings (SSSR count). The molecule has 3 heterocycles. The second kappa shape index (κ2) is 14.5. The van der Waals surface area contributed by atoms with Gasteiger partial charge in [-0.05, 0) is 76.9 Å². The summed E-state index contributed by atoms with van der Waals surface area (Å²) < 4.78 is 8.94. The lowest BCUT2D eigenvalue weighted by atomic mass is 9.59. The number of aromatic nitrogens is 4. The van der Waals surface area contributed by atoms with Crippen molar-refractivity contribution in [2.24, 2.45) is 0 Å². The van der Waals surface area contributed by atoms with Crippen LogP contribution in [-0.2, 0) is 0 Å². The van der Waals surface area contributed by atoms with Gasteiger partial charge in [-0.15, -0.1) is 16.4 Å². The van der Waals surface area contributed by atoms with E-state index in [1.807, 2.05) is 36.4 Å². The first kappa shape index (κ1) is 36.8. The molecule has 0 amide bonds. The molecule has 282 valence electrons. The molecule has 0 bridgehead atoms. The Labute approximate surface area is 358 Å². The largest absolute Gasteiger partial charge is 0.456 e. The molecule has 8 aromatic carbocycles. The average molecular weight is 776 g/mol. The highest BCUT2D eigenvalue weighted by atomic mass is 16.3. The van der Waals surface area contributed by atoms with E-state index in [1.54, 1.807) is 0 Å². The highest BCUT2D eigenvalue weighted by Gasteiger charge is 2.19. The van der Waals surface area contributed by atoms with Gasteiger partial charge in [0.2, 0.25) is 0 Å². The van der Waals surface area contributed by atoms with Crippen LogP contribution in [0.5, 0.6) is 0 Å². The summed E-state index contributed by atoms with van der Waals surface area (Å²) in [6.07, 6.45) is 0. The Morgan fingerprint density at radius 1 is 0.344 bits per heavy atom. The highest BCUT2D eigenvalue weighted by molar-refractivity contribution is 6.68. The summed E-state index contributed by atoms with van der Waals surface area (Å²) in [6.45, 7) is 0. The van der Waals surface area contributed by atoms with Crippen LogP contribution in [0.1, 0.15) is 0 Å². The number of para-hydroxylation sites is 1. The number of rotatable bonds is 6. The fourth-order valence-electron chi connectivity index (χ4n) is 9.20. The molecule has 0 aliphatic heterocycles. The fraction of sp³-hybridized carbons (Fsp3) is 0. The molecule has 0 aliphatic rings. The van der Waals surface area contributed by atoms with E-state index >= 15 is 0 Å². The standard InChI is InChI=1S/C51H37B5N4O/c52-44-43(45(53)47(55)48(56)46(44)54)31-14-9-15-32(24-31)50-57-49(29-12-5-2-6-13-29)58-51(59-50)33-19-23-41-38(26-33)36-21-20-34(27-42(36)61-41)60-39-17-8-7-16-35(39)37-25-30(18-22-40(37)60)28-10-3-1-4-11-28/h1-27H,52-56H2. The van der Waals surface area contributed by atoms with Crippen LogP contribution < -0.4 is 27.3 Å². The highest BCUT2D eigenvalue weighted by Crippen LogP contribution is 2.38. The van der Waals surface area contributed by atoms with Gasteiger partial charge in [0.15, 0.2) is 17.5 Å². The lowest BCUT2D eigenvalue weighted by Crippen LogP contribution is -2.55. The minimum atomic E-state index is 0.608. The van der Waals surface area contributed by atoms with Crippen molar-refractivity contribution in [3.8, 4) is 62.1 Å². The Hall–Kier alpha value is -7.31. The second-order valence-electron chi connectivity index (χ2n) is 16.2. The molecular formula is C51H37B5N4O. The Bertz CT molecular complexity index is 3520. The zero-order chi connectivity index (χ0) is 41.4. The molecule has 0 radical (unpaired) electrons. The smallest absolute Gasteiger partial charge is 0.164 e. The molecule has 0 fully saturated rings. The molecule has 0 saturated heterocycles. The van der Waals surface area contributed by atoms with Gasteiger partial charge in [0.05, 0.1) is 11.0 Å². The van der Waals surface area contributed by atoms with Crippen molar-refractivity contribution in [3.05, 3.63) is 164 Å². The quantitative estimate of drug-likeness (QED) is 0.234. The molecule has 11 aromatic rings. The van der Waals surface area contributed by atoms with Crippen molar-refractivity contribution in [1.29, 1.82) is 0 Å². The van der Waals surface area contributed by atoms with Crippen molar-refractivity contribution >= 4 is 110 Å². The molecule has 0 spiro atoms. The normalized spacial score (nSPS) is 11.6. The van der Waals surface area contributed by atoms with Crippen LogP contribution in [0.25, 0.3) is 106 Å². The fourth-order valence-corrected chi connectivity index (χ4v) is 9.20. The Morgan fingerprint density at radius 3 is 1.64 bits per heavy atom. The molecule has 0 unspecified atom stereocenters. The molecule has 3 aromatic heterocycles. The first-order valence-electron chi connectivity index (χ1n) is 20.9. The van der Waals surface area contributed by atoms with Gasteiger partial charge >= 0.3 is 0 Å². The van der Waals surface area contributed by atoms with E-state index in [0.29, 0.717) is 17.5 Å². The van der Waals surface area contributed by atoms with Crippen molar-refractivity contribution in [2.45, 2.75) is 0 Å². The molecule has 10 heteroatoms. The number of furan rings is 1. The summed E-state index contributed by atoms with van der Waals surface area (Å²) in [7, 11) is 11.1. The third-order valence-electron chi connectivity index (χ3n) is 12.8. The van der Waals surface area contributed by atoms with Crippen LogP contribution in [-0.4, -0.2) is 58.8 Å². The Kier molecular flexibility index (Phi) is 8.71. The first-order chi connectivity index (χ1) is 29.8. The van der Waals surface area contributed by atoms with Crippen molar-refractivity contribution in [3.63, 3.8) is 0 Å². The van der Waals surface area contributed by atoms with Crippen molar-refractivity contribution < 1.29 is 4.42 Å². The molecular weight excluding hydrogens is 739 g/mol. The molecule has 0 saturated carbocycles. The monoisotopic (exact) mass is 776 g/mol. The van der Waals surface area contributed by atoms with Gasteiger partial charge < -0.3 is 8.98 Å². The molecule has 0 atom stereocenters. The van der Waals surface area contributed by atoms with Gasteiger partial charge in [-0.3, -0.25) is 0 Å². The van der Waals surface area contributed by atoms with Crippen LogP contribution in [0.15, 0.2) is 168 Å². The topological polar surface area (TPSA) is 56.7 Å². The third kappa shape index (κ3) is 6.12. The van der Waals surface area contributed by atoms with E-state index < -0.39 is 0 Å². The van der Waals surface area contributed by atoms with Crippen molar-refractivity contribution in [2.75, 3.05) is 0 Å². The van der Waals surface area contributed by atoms with Gasteiger partial charge in [0, 0.05) is 50.0 Å². The summed E-state index contributed by atoms with van der Waals surface area (Å²) in [4.78, 5) is 15.3. The maximum absolute atomic E-state index is 6.60. The predicted octanol–water partition coefficient (Wildman–Crippen LogP) is 4.50. The van der Waals surface area contributed by atoms with E-state index in [0.717, 1.165) is 60.9 Å². The first-order valence-corrected chi connectivity index (χ1v) is 20.9. The van der Waals surface area contributed by atoms with Crippen LogP contribution in [0.4, 0.5) is 0 Å². The summed E-state index contributed by atoms with van der Waals surface area (Å²) in [5, 5.41) is 4.48. The van der Waals surface area contributed by atoms with Gasteiger partial charge in [0.25, 0.3) is 0 Å². The zero-order valence-corrected chi connectivity index (χ0v) is 34.8. The lowest BCUT2D eigenvalue weighted by molar-refractivity contribution is 0.668. The molecule has 61 heavy (non-hydrogen) atoms. The van der Waals surface area contributed by atoms with Crippen LogP contribution in [0, 0.1) is 0 Å². The van der Waals surface area contributed by atoms with E-state index in [4.69, 9.17) is 19.4 Å². The Morgan fingerprint density at radius 2 is 0.902 bits per heavy atom. The third-order valence-corrected chi connectivity index (χ3v) is 12.8. The zero-order valence-electron chi connectivity index (χ0n) is 34.8.